The molecule has 0 aliphatic heterocycles. The average Bonchev–Trinajstić information content (AvgIpc) is 2.87. The van der Waals surface area contributed by atoms with E-state index < -0.39 is 5.97 Å². The number of ether oxygens (including phenoxy) is 2. The van der Waals surface area contributed by atoms with Crippen molar-refractivity contribution in [3.05, 3.63) is 29.5 Å². The minimum Gasteiger partial charge on any atom is -0.496 e. The highest BCUT2D eigenvalue weighted by molar-refractivity contribution is 5.87. The molecule has 1 aromatic carbocycles. The molecule has 0 fully saturated rings. The van der Waals surface area contributed by atoms with Gasteiger partial charge in [-0.25, -0.2) is 4.79 Å². The van der Waals surface area contributed by atoms with Gasteiger partial charge in [0.05, 0.1) is 19.8 Å². The summed E-state index contributed by atoms with van der Waals surface area (Å²) < 4.78 is 15.6. The second-order valence-corrected chi connectivity index (χ2v) is 3.85. The lowest BCUT2D eigenvalue weighted by atomic mass is 10.0. The van der Waals surface area contributed by atoms with E-state index in [2.05, 4.69) is 5.16 Å². The summed E-state index contributed by atoms with van der Waals surface area (Å²) in [6.45, 7) is 1.83. The van der Waals surface area contributed by atoms with Gasteiger partial charge in [0.15, 0.2) is 11.5 Å². The number of benzene rings is 1. The van der Waals surface area contributed by atoms with Crippen LogP contribution in [0.3, 0.4) is 0 Å². The van der Waals surface area contributed by atoms with Crippen LogP contribution in [-0.4, -0.2) is 30.5 Å². The Bertz CT molecular complexity index is 617. The van der Waals surface area contributed by atoms with Gasteiger partial charge in [0.2, 0.25) is 0 Å². The summed E-state index contributed by atoms with van der Waals surface area (Å²) in [5.41, 5.74) is 1.26. The zero-order valence-corrected chi connectivity index (χ0v) is 10.8. The Morgan fingerprint density at radius 1 is 1.26 bits per heavy atom. The lowest BCUT2D eigenvalue weighted by molar-refractivity contribution is 0.0686. The number of carboxylic acid groups (broad SMARTS) is 1. The van der Waals surface area contributed by atoms with E-state index in [0.29, 0.717) is 22.8 Å². The smallest absolute Gasteiger partial charge is 0.358 e. The van der Waals surface area contributed by atoms with Crippen LogP contribution in [0.15, 0.2) is 22.7 Å². The van der Waals surface area contributed by atoms with Crippen LogP contribution >= 0.6 is 0 Å². The lowest BCUT2D eigenvalue weighted by Gasteiger charge is -2.12. The molecule has 0 amide bonds. The number of methoxy groups -OCH3 is 2. The van der Waals surface area contributed by atoms with E-state index in [1.807, 2.05) is 6.92 Å². The van der Waals surface area contributed by atoms with Gasteiger partial charge in [0.25, 0.3) is 0 Å². The van der Waals surface area contributed by atoms with E-state index in [0.717, 1.165) is 5.56 Å². The minimum absolute atomic E-state index is 0.153. The first kappa shape index (κ1) is 12.9. The summed E-state index contributed by atoms with van der Waals surface area (Å²) in [4.78, 5) is 10.8. The van der Waals surface area contributed by atoms with Crippen molar-refractivity contribution in [1.29, 1.82) is 0 Å². The van der Waals surface area contributed by atoms with Crippen LogP contribution in [0.4, 0.5) is 0 Å². The highest BCUT2D eigenvalue weighted by Gasteiger charge is 2.19. The first-order valence-electron chi connectivity index (χ1n) is 5.50. The van der Waals surface area contributed by atoms with E-state index in [-0.39, 0.29) is 5.69 Å². The van der Waals surface area contributed by atoms with Crippen molar-refractivity contribution in [3.8, 4) is 22.8 Å². The predicted molar refractivity (Wildman–Crippen MR) is 66.7 cm³/mol. The molecule has 0 radical (unpaired) electrons. The monoisotopic (exact) mass is 263 g/mol. The number of carbonyl (C=O) groups is 1. The van der Waals surface area contributed by atoms with Crippen LogP contribution < -0.4 is 9.47 Å². The highest BCUT2D eigenvalue weighted by atomic mass is 16.5. The number of nitrogens with zero attached hydrogens (tertiary/aromatic N) is 1. The Morgan fingerprint density at radius 3 is 2.42 bits per heavy atom. The second-order valence-electron chi connectivity index (χ2n) is 3.85. The Hall–Kier alpha value is -2.50. The Labute approximate surface area is 109 Å². The van der Waals surface area contributed by atoms with E-state index >= 15 is 0 Å². The summed E-state index contributed by atoms with van der Waals surface area (Å²) in [7, 11) is 3.08. The average molecular weight is 263 g/mol. The zero-order chi connectivity index (χ0) is 14.0. The maximum absolute atomic E-state index is 10.8. The molecule has 0 aliphatic carbocycles. The van der Waals surface area contributed by atoms with Crippen molar-refractivity contribution in [2.45, 2.75) is 6.92 Å². The van der Waals surface area contributed by atoms with E-state index in [9.17, 15) is 4.79 Å². The number of hydrogen-bond acceptors (Lipinski definition) is 5. The number of rotatable bonds is 4. The van der Waals surface area contributed by atoms with Gasteiger partial charge in [-0.3, -0.25) is 0 Å². The fraction of sp³-hybridized carbons (Fsp3) is 0.231. The van der Waals surface area contributed by atoms with Gasteiger partial charge in [0.1, 0.15) is 11.5 Å². The predicted octanol–water partition coefficient (Wildman–Crippen LogP) is 2.37. The maximum atomic E-state index is 10.8. The molecule has 1 aromatic heterocycles. The van der Waals surface area contributed by atoms with Crippen LogP contribution in [-0.2, 0) is 0 Å². The molecule has 0 unspecified atom stereocenters. The highest BCUT2D eigenvalue weighted by Crippen LogP contribution is 2.38. The van der Waals surface area contributed by atoms with Crippen molar-refractivity contribution in [3.63, 3.8) is 0 Å². The van der Waals surface area contributed by atoms with Gasteiger partial charge < -0.3 is 19.1 Å². The zero-order valence-electron chi connectivity index (χ0n) is 10.8. The van der Waals surface area contributed by atoms with Crippen molar-refractivity contribution < 1.29 is 23.9 Å². The van der Waals surface area contributed by atoms with Gasteiger partial charge in [-0.15, -0.1) is 0 Å². The SMILES string of the molecule is COc1ccc(OC)c(-c2cc(C(=O)O)no2)c1C. The molecule has 0 aliphatic rings. The third-order valence-corrected chi connectivity index (χ3v) is 2.79. The lowest BCUT2D eigenvalue weighted by Crippen LogP contribution is -1.95. The molecule has 1 N–H and O–H groups in total. The van der Waals surface area contributed by atoms with Crippen LogP contribution in [0.1, 0.15) is 16.1 Å². The van der Waals surface area contributed by atoms with E-state index in [1.54, 1.807) is 19.2 Å². The Balaban J connectivity index is 2.61. The van der Waals surface area contributed by atoms with E-state index in [4.69, 9.17) is 19.1 Å². The second kappa shape index (κ2) is 5.01. The first-order chi connectivity index (χ1) is 9.08. The fourth-order valence-electron chi connectivity index (χ4n) is 1.86. The summed E-state index contributed by atoms with van der Waals surface area (Å²) in [6.07, 6.45) is 0. The van der Waals surface area contributed by atoms with Crippen LogP contribution in [0.5, 0.6) is 11.5 Å². The number of aromatic carboxylic acids is 1. The molecule has 19 heavy (non-hydrogen) atoms. The van der Waals surface area contributed by atoms with Crippen molar-refractivity contribution in [1.82, 2.24) is 5.16 Å². The van der Waals surface area contributed by atoms with Gasteiger partial charge in [-0.2, -0.15) is 0 Å². The molecule has 100 valence electrons. The third-order valence-electron chi connectivity index (χ3n) is 2.79. The number of hydrogen-bond donors (Lipinski definition) is 1. The molecule has 2 rings (SSSR count). The molecule has 0 bridgehead atoms. The molecule has 6 heteroatoms. The molecule has 1 heterocycles. The Morgan fingerprint density at radius 2 is 1.89 bits per heavy atom. The normalized spacial score (nSPS) is 10.3. The number of aromatic nitrogens is 1. The largest absolute Gasteiger partial charge is 0.496 e. The van der Waals surface area contributed by atoms with Gasteiger partial charge >= 0.3 is 5.97 Å². The molecular weight excluding hydrogens is 250 g/mol. The maximum Gasteiger partial charge on any atom is 0.358 e. The summed E-state index contributed by atoms with van der Waals surface area (Å²) >= 11 is 0. The van der Waals surface area contributed by atoms with Gasteiger partial charge in [-0.1, -0.05) is 5.16 Å². The quantitative estimate of drug-likeness (QED) is 0.911. The van der Waals surface area contributed by atoms with Crippen molar-refractivity contribution >= 4 is 5.97 Å². The first-order valence-corrected chi connectivity index (χ1v) is 5.50. The minimum atomic E-state index is -1.14. The summed E-state index contributed by atoms with van der Waals surface area (Å²) in [6, 6.07) is 4.85. The molecule has 0 atom stereocenters. The van der Waals surface area contributed by atoms with Crippen LogP contribution in [0.25, 0.3) is 11.3 Å². The van der Waals surface area contributed by atoms with Crippen molar-refractivity contribution in [2.24, 2.45) is 0 Å². The van der Waals surface area contributed by atoms with Gasteiger partial charge in [0, 0.05) is 11.6 Å². The topological polar surface area (TPSA) is 81.8 Å². The van der Waals surface area contributed by atoms with E-state index in [1.165, 1.54) is 13.2 Å². The molecule has 0 saturated carbocycles. The van der Waals surface area contributed by atoms with Crippen LogP contribution in [0.2, 0.25) is 0 Å². The molecule has 6 nitrogen and oxygen atoms in total. The van der Waals surface area contributed by atoms with Gasteiger partial charge in [-0.05, 0) is 19.1 Å². The van der Waals surface area contributed by atoms with Crippen molar-refractivity contribution in [2.75, 3.05) is 14.2 Å². The third kappa shape index (κ3) is 2.24. The molecule has 0 saturated heterocycles. The molecular formula is C13H13NO5. The standard InChI is InChI=1S/C13H13NO5/c1-7-9(17-2)4-5-10(18-3)12(7)11-6-8(13(15)16)14-19-11/h4-6H,1-3H3,(H,15,16). The molecule has 2 aromatic rings. The fourth-order valence-corrected chi connectivity index (χ4v) is 1.86. The van der Waals surface area contributed by atoms with Crippen LogP contribution in [0, 0.1) is 6.92 Å². The summed E-state index contributed by atoms with van der Waals surface area (Å²) in [5, 5.41) is 12.4. The molecule has 0 spiro atoms. The number of carboxylic acids is 1. The Kier molecular flexibility index (Phi) is 3.41. The summed E-state index contributed by atoms with van der Waals surface area (Å²) in [5.74, 6) is 0.399.